The Kier molecular flexibility index (Phi) is 4.56. The van der Waals surface area contributed by atoms with E-state index < -0.39 is 39.6 Å². The molecule has 0 aromatic heterocycles. The van der Waals surface area contributed by atoms with Gasteiger partial charge in [-0.25, -0.2) is 8.78 Å². The Hall–Kier alpha value is -1.50. The minimum atomic E-state index is -1.06. The number of nitrogens with two attached hydrogens (primary N) is 1. The summed E-state index contributed by atoms with van der Waals surface area (Å²) in [6, 6.07) is 1.57. The molecule has 0 fully saturated rings. The van der Waals surface area contributed by atoms with Gasteiger partial charge in [0.25, 0.3) is 5.91 Å². The normalized spacial score (nSPS) is 12.2. The van der Waals surface area contributed by atoms with Crippen molar-refractivity contribution in [2.45, 2.75) is 0 Å². The molecule has 1 amide bonds. The van der Waals surface area contributed by atoms with E-state index in [4.69, 9.17) is 5.73 Å². The van der Waals surface area contributed by atoms with Crippen molar-refractivity contribution in [2.75, 3.05) is 24.3 Å². The molecule has 0 bridgehead atoms. The standard InChI is InChI=1S/C10H12F2N2O2S/c1-17(16)3-2-14-10(15)7-4-6(11)5-8(13)9(7)12/h4-5H,2-3,13H2,1H3,(H,14,15). The zero-order valence-corrected chi connectivity index (χ0v) is 9.94. The van der Waals surface area contributed by atoms with Gasteiger partial charge in [0.1, 0.15) is 5.82 Å². The first-order valence-corrected chi connectivity index (χ1v) is 6.47. The van der Waals surface area contributed by atoms with E-state index in [1.165, 1.54) is 6.26 Å². The average molecular weight is 262 g/mol. The third-order valence-electron chi connectivity index (χ3n) is 1.99. The Morgan fingerprint density at radius 1 is 1.47 bits per heavy atom. The van der Waals surface area contributed by atoms with Crippen molar-refractivity contribution < 1.29 is 17.8 Å². The molecule has 17 heavy (non-hydrogen) atoms. The van der Waals surface area contributed by atoms with Crippen LogP contribution < -0.4 is 11.1 Å². The van der Waals surface area contributed by atoms with E-state index in [9.17, 15) is 17.8 Å². The summed E-state index contributed by atoms with van der Waals surface area (Å²) >= 11 is 0. The highest BCUT2D eigenvalue weighted by Crippen LogP contribution is 2.17. The van der Waals surface area contributed by atoms with Gasteiger partial charge in [0.2, 0.25) is 0 Å². The largest absolute Gasteiger partial charge is 0.396 e. The van der Waals surface area contributed by atoms with Gasteiger partial charge < -0.3 is 11.1 Å². The molecule has 1 aromatic rings. The van der Waals surface area contributed by atoms with Crippen molar-refractivity contribution >= 4 is 22.4 Å². The second kappa shape index (κ2) is 5.72. The third kappa shape index (κ3) is 3.77. The highest BCUT2D eigenvalue weighted by atomic mass is 32.2. The summed E-state index contributed by atoms with van der Waals surface area (Å²) in [4.78, 5) is 11.5. The van der Waals surface area contributed by atoms with Gasteiger partial charge in [0.05, 0.1) is 11.3 Å². The number of anilines is 1. The van der Waals surface area contributed by atoms with Crippen LogP contribution in [0.5, 0.6) is 0 Å². The van der Waals surface area contributed by atoms with Crippen LogP contribution >= 0.6 is 0 Å². The number of benzene rings is 1. The number of halogens is 2. The van der Waals surface area contributed by atoms with E-state index in [0.717, 1.165) is 12.1 Å². The van der Waals surface area contributed by atoms with Gasteiger partial charge in [-0.1, -0.05) is 0 Å². The van der Waals surface area contributed by atoms with Crippen LogP contribution in [0.2, 0.25) is 0 Å². The highest BCUT2D eigenvalue weighted by Gasteiger charge is 2.15. The van der Waals surface area contributed by atoms with Crippen LogP contribution in [0.4, 0.5) is 14.5 Å². The second-order valence-electron chi connectivity index (χ2n) is 3.39. The average Bonchev–Trinajstić information content (AvgIpc) is 2.22. The Balaban J connectivity index is 2.78. The Bertz CT molecular complexity index is 466. The lowest BCUT2D eigenvalue weighted by atomic mass is 10.1. The molecule has 1 aromatic carbocycles. The molecule has 4 nitrogen and oxygen atoms in total. The van der Waals surface area contributed by atoms with Gasteiger partial charge in [0.15, 0.2) is 5.82 Å². The number of hydrogen-bond donors (Lipinski definition) is 2. The van der Waals surface area contributed by atoms with Crippen LogP contribution in [0.3, 0.4) is 0 Å². The lowest BCUT2D eigenvalue weighted by Gasteiger charge is -2.07. The van der Waals surface area contributed by atoms with E-state index in [0.29, 0.717) is 0 Å². The molecule has 94 valence electrons. The molecule has 1 atom stereocenters. The minimum absolute atomic E-state index is 0.123. The topological polar surface area (TPSA) is 72.2 Å². The number of carbonyl (C=O) groups is 1. The zero-order valence-electron chi connectivity index (χ0n) is 9.13. The lowest BCUT2D eigenvalue weighted by molar-refractivity contribution is 0.0951. The molecule has 3 N–H and O–H groups in total. The maximum atomic E-state index is 13.4. The molecular weight excluding hydrogens is 250 g/mol. The van der Waals surface area contributed by atoms with Crippen LogP contribution in [0, 0.1) is 11.6 Å². The van der Waals surface area contributed by atoms with Crippen molar-refractivity contribution in [3.05, 3.63) is 29.3 Å². The summed E-state index contributed by atoms with van der Waals surface area (Å²) in [7, 11) is -1.06. The predicted octanol–water partition coefficient (Wildman–Crippen LogP) is 0.655. The van der Waals surface area contributed by atoms with Crippen LogP contribution in [-0.4, -0.2) is 28.7 Å². The molecule has 0 heterocycles. The molecule has 0 aliphatic heterocycles. The molecule has 1 unspecified atom stereocenters. The first-order chi connectivity index (χ1) is 7.91. The van der Waals surface area contributed by atoms with Crippen molar-refractivity contribution in [3.63, 3.8) is 0 Å². The molecule has 1 rings (SSSR count). The summed E-state index contributed by atoms with van der Waals surface area (Å²) in [6.45, 7) is 0.123. The highest BCUT2D eigenvalue weighted by molar-refractivity contribution is 7.84. The lowest BCUT2D eigenvalue weighted by Crippen LogP contribution is -2.28. The van der Waals surface area contributed by atoms with Crippen molar-refractivity contribution in [1.82, 2.24) is 5.32 Å². The van der Waals surface area contributed by atoms with Gasteiger partial charge in [0, 0.05) is 29.4 Å². The Morgan fingerprint density at radius 2 is 2.12 bits per heavy atom. The molecule has 0 aliphatic rings. The van der Waals surface area contributed by atoms with Crippen LogP contribution in [0.1, 0.15) is 10.4 Å². The number of hydrogen-bond acceptors (Lipinski definition) is 3. The molecule has 0 radical (unpaired) electrons. The van der Waals surface area contributed by atoms with E-state index in [2.05, 4.69) is 5.32 Å². The molecule has 0 aliphatic carbocycles. The van der Waals surface area contributed by atoms with E-state index in [-0.39, 0.29) is 12.3 Å². The fourth-order valence-electron chi connectivity index (χ4n) is 1.18. The summed E-state index contributed by atoms with van der Waals surface area (Å²) in [5.74, 6) is -2.27. The second-order valence-corrected chi connectivity index (χ2v) is 4.94. The fourth-order valence-corrected chi connectivity index (χ4v) is 1.57. The first kappa shape index (κ1) is 13.6. The Labute approximate surface area is 99.6 Å². The first-order valence-electron chi connectivity index (χ1n) is 4.74. The minimum Gasteiger partial charge on any atom is -0.396 e. The summed E-state index contributed by atoms with van der Waals surface area (Å²) in [5, 5.41) is 2.33. The number of carbonyl (C=O) groups excluding carboxylic acids is 1. The quantitative estimate of drug-likeness (QED) is 0.783. The van der Waals surface area contributed by atoms with Crippen molar-refractivity contribution in [3.8, 4) is 0 Å². The molecular formula is C10H12F2N2O2S. The number of rotatable bonds is 4. The summed E-state index contributed by atoms with van der Waals surface area (Å²) in [5.41, 5.74) is 4.32. The van der Waals surface area contributed by atoms with Gasteiger partial charge in [-0.15, -0.1) is 0 Å². The van der Waals surface area contributed by atoms with Crippen LogP contribution in [-0.2, 0) is 10.8 Å². The van der Waals surface area contributed by atoms with Crippen LogP contribution in [0.15, 0.2) is 12.1 Å². The van der Waals surface area contributed by atoms with Gasteiger partial charge in [-0.05, 0) is 12.1 Å². The van der Waals surface area contributed by atoms with Crippen molar-refractivity contribution in [1.29, 1.82) is 0 Å². The Morgan fingerprint density at radius 3 is 2.71 bits per heavy atom. The third-order valence-corrected chi connectivity index (χ3v) is 2.76. The van der Waals surface area contributed by atoms with E-state index >= 15 is 0 Å². The van der Waals surface area contributed by atoms with Crippen LogP contribution in [0.25, 0.3) is 0 Å². The molecule has 0 saturated heterocycles. The van der Waals surface area contributed by atoms with Gasteiger partial charge >= 0.3 is 0 Å². The summed E-state index contributed by atoms with van der Waals surface area (Å²) < 4.78 is 37.1. The van der Waals surface area contributed by atoms with E-state index in [1.54, 1.807) is 0 Å². The van der Waals surface area contributed by atoms with Gasteiger partial charge in [-0.3, -0.25) is 9.00 Å². The SMILES string of the molecule is CS(=O)CCNC(=O)c1cc(F)cc(N)c1F. The monoisotopic (exact) mass is 262 g/mol. The number of nitrogen functional groups attached to an aromatic ring is 1. The fraction of sp³-hybridized carbons (Fsp3) is 0.300. The molecule has 0 spiro atoms. The zero-order chi connectivity index (χ0) is 13.0. The summed E-state index contributed by atoms with van der Waals surface area (Å²) in [6.07, 6.45) is 1.48. The van der Waals surface area contributed by atoms with E-state index in [1.807, 2.05) is 0 Å². The smallest absolute Gasteiger partial charge is 0.254 e. The number of nitrogens with one attached hydrogen (secondary N) is 1. The maximum absolute atomic E-state index is 13.4. The van der Waals surface area contributed by atoms with Crippen molar-refractivity contribution in [2.24, 2.45) is 0 Å². The molecule has 7 heteroatoms. The van der Waals surface area contributed by atoms with Gasteiger partial charge in [-0.2, -0.15) is 0 Å². The predicted molar refractivity (Wildman–Crippen MR) is 62.0 cm³/mol. The molecule has 0 saturated carbocycles. The maximum Gasteiger partial charge on any atom is 0.254 e. The number of amides is 1.